The number of carbonyl (C=O) groups excluding carboxylic acids is 2. The Hall–Kier alpha value is -3.98. The van der Waals surface area contributed by atoms with Gasteiger partial charge in [-0.25, -0.2) is 14.6 Å². The zero-order valence-corrected chi connectivity index (χ0v) is 19.9. The van der Waals surface area contributed by atoms with Gasteiger partial charge >= 0.3 is 11.7 Å². The molecule has 1 amide bonds. The van der Waals surface area contributed by atoms with Gasteiger partial charge in [-0.1, -0.05) is 12.1 Å². The minimum atomic E-state index is -0.494. The molecule has 0 atom stereocenters. The van der Waals surface area contributed by atoms with E-state index in [9.17, 15) is 14.4 Å². The number of anilines is 1. The molecular weight excluding hydrogens is 452 g/mol. The smallest absolute Gasteiger partial charge is 0.338 e. The molecule has 0 aliphatic rings. The lowest BCUT2D eigenvalue weighted by molar-refractivity contribution is -0.115. The van der Waals surface area contributed by atoms with Gasteiger partial charge in [0.05, 0.1) is 23.4 Å². The Morgan fingerprint density at radius 2 is 1.88 bits per heavy atom. The van der Waals surface area contributed by atoms with Gasteiger partial charge in [0.2, 0.25) is 5.91 Å². The lowest BCUT2D eigenvalue weighted by Gasteiger charge is -2.08. The number of nitrogens with one attached hydrogen (secondary N) is 2. The minimum absolute atomic E-state index is 0.00602. The van der Waals surface area contributed by atoms with Crippen molar-refractivity contribution in [1.82, 2.24) is 14.5 Å². The number of aromatic nitrogens is 3. The molecule has 174 valence electrons. The topological polar surface area (TPSA) is 106 Å². The van der Waals surface area contributed by atoms with Crippen LogP contribution in [0.5, 0.6) is 0 Å². The summed E-state index contributed by atoms with van der Waals surface area (Å²) in [6.45, 7) is 5.74. The van der Waals surface area contributed by atoms with Crippen molar-refractivity contribution < 1.29 is 14.3 Å². The summed E-state index contributed by atoms with van der Waals surface area (Å²) < 4.78 is 6.88. The van der Waals surface area contributed by atoms with E-state index < -0.39 is 5.97 Å². The molecule has 0 radical (unpaired) electrons. The summed E-state index contributed by atoms with van der Waals surface area (Å²) in [4.78, 5) is 43.7. The van der Waals surface area contributed by atoms with Crippen LogP contribution in [0.25, 0.3) is 5.69 Å². The summed E-state index contributed by atoms with van der Waals surface area (Å²) in [6, 6.07) is 12.5. The van der Waals surface area contributed by atoms with Gasteiger partial charge in [-0.15, -0.1) is 11.3 Å². The second-order valence-corrected chi connectivity index (χ2v) is 8.91. The highest BCUT2D eigenvalue weighted by atomic mass is 32.1. The van der Waals surface area contributed by atoms with Crippen LogP contribution in [0.3, 0.4) is 0 Å². The second-order valence-electron chi connectivity index (χ2n) is 7.97. The molecule has 0 saturated carbocycles. The molecule has 0 aliphatic carbocycles. The number of thiazole rings is 1. The van der Waals surface area contributed by atoms with Crippen molar-refractivity contribution in [2.75, 3.05) is 5.32 Å². The molecule has 0 unspecified atom stereocenters. The van der Waals surface area contributed by atoms with Gasteiger partial charge in [0.15, 0.2) is 0 Å². The van der Waals surface area contributed by atoms with E-state index in [1.807, 2.05) is 39.0 Å². The zero-order chi connectivity index (χ0) is 24.2. The number of nitrogens with zero attached hydrogens (tertiary/aromatic N) is 2. The summed E-state index contributed by atoms with van der Waals surface area (Å²) in [6.07, 6.45) is 1.77. The van der Waals surface area contributed by atoms with Crippen LogP contribution in [0, 0.1) is 20.8 Å². The fourth-order valence-electron chi connectivity index (χ4n) is 3.44. The molecule has 9 heteroatoms. The molecule has 2 N–H and O–H groups in total. The van der Waals surface area contributed by atoms with Crippen molar-refractivity contribution in [3.8, 4) is 5.69 Å². The SMILES string of the molecule is Cc1ccc(C)c(NC(=O)Cc2nc(COC(=O)c3ccc(-n4c(C)c[nH]c4=O)cc3)cs2)c1. The number of hydrogen-bond donors (Lipinski definition) is 2. The van der Waals surface area contributed by atoms with E-state index >= 15 is 0 Å². The maximum Gasteiger partial charge on any atom is 0.338 e. The molecule has 2 aromatic heterocycles. The molecule has 8 nitrogen and oxygen atoms in total. The molecular formula is C25H24N4O4S. The van der Waals surface area contributed by atoms with Crippen molar-refractivity contribution in [3.05, 3.63) is 97.6 Å². The summed E-state index contributed by atoms with van der Waals surface area (Å²) in [5, 5.41) is 5.34. The lowest BCUT2D eigenvalue weighted by atomic mass is 10.1. The largest absolute Gasteiger partial charge is 0.456 e. The van der Waals surface area contributed by atoms with E-state index in [-0.39, 0.29) is 24.6 Å². The molecule has 0 aliphatic heterocycles. The molecule has 2 aromatic carbocycles. The van der Waals surface area contributed by atoms with Crippen LogP contribution in [0.1, 0.15) is 37.9 Å². The van der Waals surface area contributed by atoms with Crippen LogP contribution in [-0.4, -0.2) is 26.4 Å². The highest BCUT2D eigenvalue weighted by Gasteiger charge is 2.13. The van der Waals surface area contributed by atoms with Gasteiger partial charge in [-0.2, -0.15) is 0 Å². The van der Waals surface area contributed by atoms with E-state index in [0.29, 0.717) is 22.0 Å². The van der Waals surface area contributed by atoms with E-state index in [2.05, 4.69) is 15.3 Å². The number of ether oxygens (including phenoxy) is 1. The highest BCUT2D eigenvalue weighted by molar-refractivity contribution is 7.09. The molecule has 0 fully saturated rings. The van der Waals surface area contributed by atoms with Crippen LogP contribution in [0.4, 0.5) is 5.69 Å². The third-order valence-corrected chi connectivity index (χ3v) is 6.15. The maximum absolute atomic E-state index is 12.4. The van der Waals surface area contributed by atoms with Gasteiger partial charge in [-0.3, -0.25) is 9.36 Å². The highest BCUT2D eigenvalue weighted by Crippen LogP contribution is 2.18. The number of amides is 1. The number of aryl methyl sites for hydroxylation is 3. The van der Waals surface area contributed by atoms with Crippen LogP contribution in [0.2, 0.25) is 0 Å². The summed E-state index contributed by atoms with van der Waals surface area (Å²) in [7, 11) is 0. The number of esters is 1. The molecule has 0 saturated heterocycles. The van der Waals surface area contributed by atoms with Gasteiger partial charge in [-0.05, 0) is 62.2 Å². The van der Waals surface area contributed by atoms with Crippen molar-refractivity contribution in [3.63, 3.8) is 0 Å². The van der Waals surface area contributed by atoms with E-state index in [4.69, 9.17) is 4.74 Å². The van der Waals surface area contributed by atoms with Gasteiger partial charge in [0.25, 0.3) is 0 Å². The van der Waals surface area contributed by atoms with E-state index in [1.54, 1.807) is 35.8 Å². The van der Waals surface area contributed by atoms with Crippen molar-refractivity contribution in [2.24, 2.45) is 0 Å². The Bertz CT molecular complexity index is 1400. The van der Waals surface area contributed by atoms with E-state index in [0.717, 1.165) is 22.5 Å². The predicted molar refractivity (Wildman–Crippen MR) is 131 cm³/mol. The zero-order valence-electron chi connectivity index (χ0n) is 19.0. The van der Waals surface area contributed by atoms with E-state index in [1.165, 1.54) is 15.9 Å². The third-order valence-electron chi connectivity index (χ3n) is 5.25. The van der Waals surface area contributed by atoms with Gasteiger partial charge < -0.3 is 15.0 Å². The summed E-state index contributed by atoms with van der Waals surface area (Å²) in [5.74, 6) is -0.643. The Morgan fingerprint density at radius 3 is 2.59 bits per heavy atom. The third kappa shape index (κ3) is 5.32. The first kappa shape index (κ1) is 23.2. The quantitative estimate of drug-likeness (QED) is 0.391. The fourth-order valence-corrected chi connectivity index (χ4v) is 4.22. The number of hydrogen-bond acceptors (Lipinski definition) is 6. The first-order valence-corrected chi connectivity index (χ1v) is 11.5. The Morgan fingerprint density at radius 1 is 1.12 bits per heavy atom. The number of rotatable bonds is 7. The number of imidazole rings is 1. The van der Waals surface area contributed by atoms with Crippen LogP contribution in [-0.2, 0) is 22.6 Å². The molecule has 0 bridgehead atoms. The Balaban J connectivity index is 1.32. The van der Waals surface area contributed by atoms with Crippen molar-refractivity contribution in [1.29, 1.82) is 0 Å². The van der Waals surface area contributed by atoms with Crippen LogP contribution < -0.4 is 11.0 Å². The Kier molecular flexibility index (Phi) is 6.74. The number of H-pyrrole nitrogens is 1. The fraction of sp³-hybridized carbons (Fsp3) is 0.200. The van der Waals surface area contributed by atoms with Crippen molar-refractivity contribution >= 4 is 28.9 Å². The first-order chi connectivity index (χ1) is 16.3. The van der Waals surface area contributed by atoms with Gasteiger partial charge in [0.1, 0.15) is 11.6 Å². The number of carbonyl (C=O) groups is 2. The molecule has 2 heterocycles. The maximum atomic E-state index is 12.4. The normalized spacial score (nSPS) is 10.8. The summed E-state index contributed by atoms with van der Waals surface area (Å²) in [5.41, 5.74) is 4.99. The van der Waals surface area contributed by atoms with Crippen molar-refractivity contribution in [2.45, 2.75) is 33.8 Å². The average Bonchev–Trinajstić information content (AvgIpc) is 3.40. The van der Waals surface area contributed by atoms with Gasteiger partial charge in [0, 0.05) is 23.0 Å². The average molecular weight is 477 g/mol. The molecule has 4 rings (SSSR count). The predicted octanol–water partition coefficient (Wildman–Crippen LogP) is 4.09. The molecule has 34 heavy (non-hydrogen) atoms. The van der Waals surface area contributed by atoms with Crippen LogP contribution >= 0.6 is 11.3 Å². The lowest BCUT2D eigenvalue weighted by Crippen LogP contribution is -2.16. The second kappa shape index (κ2) is 9.88. The molecule has 4 aromatic rings. The Labute approximate surface area is 200 Å². The number of benzene rings is 2. The van der Waals surface area contributed by atoms with Crippen LogP contribution in [0.15, 0.2) is 58.8 Å². The summed E-state index contributed by atoms with van der Waals surface area (Å²) >= 11 is 1.35. The first-order valence-electron chi connectivity index (χ1n) is 10.6. The monoisotopic (exact) mass is 476 g/mol. The number of aromatic amines is 1. The molecule has 0 spiro atoms. The standard InChI is InChI=1S/C25H24N4O4S/c1-15-4-5-16(2)21(10-15)28-22(30)11-23-27-19(14-34-23)13-33-24(31)18-6-8-20(9-7-18)29-17(3)12-26-25(29)32/h4-10,12,14H,11,13H2,1-3H3,(H,26,32)(H,28,30). The minimum Gasteiger partial charge on any atom is -0.456 e.